The highest BCUT2D eigenvalue weighted by Gasteiger charge is 2.14. The molecule has 4 rings (SSSR count). The summed E-state index contributed by atoms with van der Waals surface area (Å²) in [5.41, 5.74) is 1.77. The second-order valence-corrected chi connectivity index (χ2v) is 6.35. The first kappa shape index (κ1) is 14.8. The van der Waals surface area contributed by atoms with Crippen LogP contribution in [0.3, 0.4) is 0 Å². The van der Waals surface area contributed by atoms with E-state index < -0.39 is 0 Å². The summed E-state index contributed by atoms with van der Waals surface area (Å²) in [6, 6.07) is 16.0. The summed E-state index contributed by atoms with van der Waals surface area (Å²) >= 11 is 0. The maximum atomic E-state index is 13.3. The minimum absolute atomic E-state index is 0.0369. The minimum atomic E-state index is 0.0369. The molecule has 24 heavy (non-hydrogen) atoms. The molecule has 0 aliphatic heterocycles. The fourth-order valence-corrected chi connectivity index (χ4v) is 3.26. The monoisotopic (exact) mass is 317 g/mol. The summed E-state index contributed by atoms with van der Waals surface area (Å²) in [6.45, 7) is 1.47. The number of hydrogen-bond acceptors (Lipinski definition) is 3. The van der Waals surface area contributed by atoms with Crippen LogP contribution in [0.2, 0.25) is 0 Å². The Morgan fingerprint density at radius 3 is 2.50 bits per heavy atom. The van der Waals surface area contributed by atoms with Gasteiger partial charge in [-0.05, 0) is 25.5 Å². The first-order valence-electron chi connectivity index (χ1n) is 8.10. The molecule has 2 heterocycles. The van der Waals surface area contributed by atoms with Crippen molar-refractivity contribution in [3.8, 4) is 0 Å². The first-order valence-corrected chi connectivity index (χ1v) is 8.10. The van der Waals surface area contributed by atoms with Crippen molar-refractivity contribution in [3.05, 3.63) is 65.1 Å². The van der Waals surface area contributed by atoms with Crippen LogP contribution in [-0.2, 0) is 6.54 Å². The van der Waals surface area contributed by atoms with Crippen LogP contribution >= 0.6 is 0 Å². The van der Waals surface area contributed by atoms with Crippen molar-refractivity contribution >= 4 is 32.6 Å². The van der Waals surface area contributed by atoms with Crippen LogP contribution in [0, 0.1) is 0 Å². The van der Waals surface area contributed by atoms with Crippen LogP contribution in [0.5, 0.6) is 0 Å². The van der Waals surface area contributed by atoms with Gasteiger partial charge in [-0.1, -0.05) is 42.5 Å². The lowest BCUT2D eigenvalue weighted by molar-refractivity contribution is 0.384. The van der Waals surface area contributed by atoms with Crippen molar-refractivity contribution in [2.24, 2.45) is 0 Å². The van der Waals surface area contributed by atoms with E-state index in [1.165, 1.54) is 0 Å². The van der Waals surface area contributed by atoms with Crippen LogP contribution in [0.4, 0.5) is 0 Å². The molecule has 0 spiro atoms. The number of nitrogens with zero attached hydrogens (tertiary/aromatic N) is 3. The molecule has 120 valence electrons. The number of rotatable bonds is 3. The smallest absolute Gasteiger partial charge is 0.261 e. The standard InChI is InChI=1S/C20H19N3O/c1-22(2)11-12-23-17-10-6-5-9-16(17)19-18(20(23)24)15-8-4-3-7-14(15)13-21-19/h3-10,13H,11-12H2,1-2H3. The SMILES string of the molecule is CN(C)CCn1c(=O)c2c3ccccc3cnc2c2ccccc21. The van der Waals surface area contributed by atoms with Gasteiger partial charge in [0.05, 0.1) is 16.4 Å². The van der Waals surface area contributed by atoms with E-state index in [-0.39, 0.29) is 5.56 Å². The fraction of sp³-hybridized carbons (Fsp3) is 0.200. The van der Waals surface area contributed by atoms with E-state index in [1.54, 1.807) is 0 Å². The Bertz CT molecular complexity index is 1110. The van der Waals surface area contributed by atoms with Crippen molar-refractivity contribution in [2.75, 3.05) is 20.6 Å². The fourth-order valence-electron chi connectivity index (χ4n) is 3.26. The molecule has 0 unspecified atom stereocenters. The summed E-state index contributed by atoms with van der Waals surface area (Å²) < 4.78 is 1.88. The number of para-hydroxylation sites is 1. The summed E-state index contributed by atoms with van der Waals surface area (Å²) in [5.74, 6) is 0. The predicted molar refractivity (Wildman–Crippen MR) is 99.6 cm³/mol. The van der Waals surface area contributed by atoms with Crippen molar-refractivity contribution in [1.29, 1.82) is 0 Å². The Labute approximate surface area is 140 Å². The lowest BCUT2D eigenvalue weighted by Gasteiger charge is -2.16. The zero-order valence-corrected chi connectivity index (χ0v) is 13.9. The third kappa shape index (κ3) is 2.27. The number of hydrogen-bond donors (Lipinski definition) is 0. The predicted octanol–water partition coefficient (Wildman–Crippen LogP) is 3.26. The molecular weight excluding hydrogens is 298 g/mol. The molecule has 0 bridgehead atoms. The Hall–Kier alpha value is -2.72. The number of fused-ring (bicyclic) bond motifs is 5. The second-order valence-electron chi connectivity index (χ2n) is 6.35. The topological polar surface area (TPSA) is 38.1 Å². The summed E-state index contributed by atoms with van der Waals surface area (Å²) in [5, 5.41) is 3.70. The molecule has 0 saturated heterocycles. The average molecular weight is 317 g/mol. The molecular formula is C20H19N3O. The van der Waals surface area contributed by atoms with Crippen LogP contribution < -0.4 is 5.56 Å². The number of aromatic nitrogens is 2. The highest BCUT2D eigenvalue weighted by molar-refractivity contribution is 6.13. The van der Waals surface area contributed by atoms with Gasteiger partial charge in [0.15, 0.2) is 0 Å². The average Bonchev–Trinajstić information content (AvgIpc) is 2.60. The Kier molecular flexibility index (Phi) is 3.54. The molecule has 2 aromatic heterocycles. The number of pyridine rings is 2. The van der Waals surface area contributed by atoms with Crippen molar-refractivity contribution in [1.82, 2.24) is 14.5 Å². The normalized spacial score (nSPS) is 11.8. The molecule has 0 amide bonds. The van der Waals surface area contributed by atoms with Gasteiger partial charge in [0.1, 0.15) is 0 Å². The summed E-state index contributed by atoms with van der Waals surface area (Å²) in [4.78, 5) is 20.0. The molecule has 4 aromatic rings. The molecule has 0 N–H and O–H groups in total. The minimum Gasteiger partial charge on any atom is -0.308 e. The van der Waals surface area contributed by atoms with E-state index in [4.69, 9.17) is 0 Å². The third-order valence-electron chi connectivity index (χ3n) is 4.48. The van der Waals surface area contributed by atoms with Crippen molar-refractivity contribution in [3.63, 3.8) is 0 Å². The van der Waals surface area contributed by atoms with Gasteiger partial charge >= 0.3 is 0 Å². The zero-order valence-electron chi connectivity index (χ0n) is 13.9. The van der Waals surface area contributed by atoms with Crippen molar-refractivity contribution < 1.29 is 0 Å². The lowest BCUT2D eigenvalue weighted by atomic mass is 10.0. The van der Waals surface area contributed by atoms with Crippen LogP contribution in [0.25, 0.3) is 32.6 Å². The van der Waals surface area contributed by atoms with Gasteiger partial charge in [-0.2, -0.15) is 0 Å². The van der Waals surface area contributed by atoms with Crippen LogP contribution in [-0.4, -0.2) is 35.1 Å². The Morgan fingerprint density at radius 2 is 1.71 bits per heavy atom. The van der Waals surface area contributed by atoms with E-state index in [9.17, 15) is 4.79 Å². The number of benzene rings is 2. The molecule has 4 nitrogen and oxygen atoms in total. The maximum Gasteiger partial charge on any atom is 0.261 e. The maximum absolute atomic E-state index is 13.3. The zero-order chi connectivity index (χ0) is 16.7. The van der Waals surface area contributed by atoms with E-state index in [1.807, 2.05) is 73.4 Å². The first-order chi connectivity index (χ1) is 11.7. The van der Waals surface area contributed by atoms with Gasteiger partial charge < -0.3 is 9.47 Å². The van der Waals surface area contributed by atoms with E-state index in [2.05, 4.69) is 9.88 Å². The lowest BCUT2D eigenvalue weighted by Crippen LogP contribution is -2.27. The molecule has 0 aliphatic carbocycles. The molecule has 0 saturated carbocycles. The molecule has 0 fully saturated rings. The van der Waals surface area contributed by atoms with Gasteiger partial charge in [0.25, 0.3) is 5.56 Å². The van der Waals surface area contributed by atoms with Crippen LogP contribution in [0.15, 0.2) is 59.5 Å². The third-order valence-corrected chi connectivity index (χ3v) is 4.48. The molecule has 4 heteroatoms. The van der Waals surface area contributed by atoms with Crippen molar-refractivity contribution in [2.45, 2.75) is 6.54 Å². The van der Waals surface area contributed by atoms with Gasteiger partial charge in [-0.25, -0.2) is 0 Å². The highest BCUT2D eigenvalue weighted by Crippen LogP contribution is 2.26. The Morgan fingerprint density at radius 1 is 1.00 bits per heavy atom. The quantitative estimate of drug-likeness (QED) is 0.544. The molecule has 0 aliphatic rings. The largest absolute Gasteiger partial charge is 0.308 e. The van der Waals surface area contributed by atoms with Gasteiger partial charge in [-0.15, -0.1) is 0 Å². The van der Waals surface area contributed by atoms with Gasteiger partial charge in [-0.3, -0.25) is 9.78 Å². The Balaban J connectivity index is 2.17. The molecule has 2 aromatic carbocycles. The van der Waals surface area contributed by atoms with Gasteiger partial charge in [0.2, 0.25) is 0 Å². The summed E-state index contributed by atoms with van der Waals surface area (Å²) in [6.07, 6.45) is 1.85. The van der Waals surface area contributed by atoms with E-state index in [0.29, 0.717) is 11.9 Å². The molecule has 0 radical (unpaired) electrons. The molecule has 0 atom stereocenters. The summed E-state index contributed by atoms with van der Waals surface area (Å²) in [7, 11) is 4.04. The van der Waals surface area contributed by atoms with E-state index >= 15 is 0 Å². The number of likely N-dealkylation sites (N-methyl/N-ethyl adjacent to an activating group) is 1. The van der Waals surface area contributed by atoms with E-state index in [0.717, 1.165) is 33.7 Å². The van der Waals surface area contributed by atoms with Crippen LogP contribution in [0.1, 0.15) is 0 Å². The van der Waals surface area contributed by atoms with Gasteiger partial charge in [0, 0.05) is 30.1 Å². The second kappa shape index (κ2) is 5.73. The highest BCUT2D eigenvalue weighted by atomic mass is 16.1.